The zero-order chi connectivity index (χ0) is 22.4. The van der Waals surface area contributed by atoms with Gasteiger partial charge < -0.3 is 15.6 Å². The number of piperidine rings is 1. The first-order valence-corrected chi connectivity index (χ1v) is 13.6. The van der Waals surface area contributed by atoms with Gasteiger partial charge in [0, 0.05) is 31.6 Å². The second-order valence-corrected chi connectivity index (χ2v) is 11.3. The summed E-state index contributed by atoms with van der Waals surface area (Å²) in [4.78, 5) is 0. The number of hydrogen-bond donors (Lipinski definition) is 2. The summed E-state index contributed by atoms with van der Waals surface area (Å²) in [7, 11) is -3.17. The van der Waals surface area contributed by atoms with Gasteiger partial charge in [0.15, 0.2) is 0 Å². The molecule has 1 aromatic rings. The van der Waals surface area contributed by atoms with Crippen LogP contribution in [-0.2, 0) is 21.2 Å². The third kappa shape index (κ3) is 6.01. The molecule has 7 heteroatoms. The van der Waals surface area contributed by atoms with Crippen molar-refractivity contribution >= 4 is 10.0 Å². The highest BCUT2D eigenvalue weighted by Crippen LogP contribution is 2.40. The minimum atomic E-state index is -3.17. The number of aromatic hydroxyl groups is 1. The summed E-state index contributed by atoms with van der Waals surface area (Å²) in [5.41, 5.74) is 8.77. The Bertz CT molecular complexity index is 819. The first kappa shape index (κ1) is 24.5. The number of rotatable bonds is 10. The lowest BCUT2D eigenvalue weighted by molar-refractivity contribution is -0.0612. The van der Waals surface area contributed by atoms with Crippen LogP contribution in [0.5, 0.6) is 5.75 Å². The number of fused-ring (bicyclic) bond motifs is 1. The van der Waals surface area contributed by atoms with Crippen molar-refractivity contribution in [3.63, 3.8) is 0 Å². The van der Waals surface area contributed by atoms with Crippen LogP contribution in [0.2, 0.25) is 0 Å². The summed E-state index contributed by atoms with van der Waals surface area (Å²) in [6.07, 6.45) is 8.51. The third-order valence-electron chi connectivity index (χ3n) is 7.00. The fraction of sp³-hybridized carbons (Fsp3) is 0.750. The Kier molecular flexibility index (Phi) is 8.79. The van der Waals surface area contributed by atoms with Gasteiger partial charge in [-0.3, -0.25) is 0 Å². The number of phenols is 1. The lowest BCUT2D eigenvalue weighted by Gasteiger charge is -2.40. The van der Waals surface area contributed by atoms with Crippen LogP contribution in [0.15, 0.2) is 12.1 Å². The quantitative estimate of drug-likeness (QED) is 0.523. The number of hydrogen-bond acceptors (Lipinski definition) is 5. The number of benzene rings is 1. The molecule has 0 radical (unpaired) electrons. The Morgan fingerprint density at radius 3 is 2.48 bits per heavy atom. The van der Waals surface area contributed by atoms with Crippen molar-refractivity contribution in [3.8, 4) is 5.75 Å². The van der Waals surface area contributed by atoms with Crippen molar-refractivity contribution < 1.29 is 18.3 Å². The van der Waals surface area contributed by atoms with Crippen molar-refractivity contribution in [2.75, 3.05) is 25.4 Å². The summed E-state index contributed by atoms with van der Waals surface area (Å²) in [5.74, 6) is 0.894. The van der Waals surface area contributed by atoms with Crippen molar-refractivity contribution in [1.29, 1.82) is 0 Å². The minimum absolute atomic E-state index is 0.0304. The van der Waals surface area contributed by atoms with E-state index in [1.165, 1.54) is 19.3 Å². The molecule has 31 heavy (non-hydrogen) atoms. The molecule has 3 N–H and O–H groups in total. The van der Waals surface area contributed by atoms with Crippen molar-refractivity contribution in [2.45, 2.75) is 83.8 Å². The number of phenolic OH excluding ortho intramolecular Hbond substituents is 1. The van der Waals surface area contributed by atoms with Crippen molar-refractivity contribution in [1.82, 2.24) is 4.31 Å². The lowest BCUT2D eigenvalue weighted by Crippen LogP contribution is -2.44. The van der Waals surface area contributed by atoms with Crippen LogP contribution in [-0.4, -0.2) is 49.3 Å². The summed E-state index contributed by atoms with van der Waals surface area (Å²) < 4.78 is 33.5. The molecule has 0 bridgehead atoms. The van der Waals surface area contributed by atoms with Crippen LogP contribution in [0.1, 0.15) is 81.1 Å². The predicted octanol–water partition coefficient (Wildman–Crippen LogP) is 4.04. The van der Waals surface area contributed by atoms with E-state index in [2.05, 4.69) is 6.92 Å². The van der Waals surface area contributed by atoms with E-state index in [0.29, 0.717) is 31.8 Å². The SMILES string of the molecule is CCCCCCCCS(=O)(=O)N1CCC([C@@H]2Cc3c(ccc(C)c3O)[C@H](CN)O2)CC1. The van der Waals surface area contributed by atoms with Gasteiger partial charge in [0.25, 0.3) is 0 Å². The van der Waals surface area contributed by atoms with Gasteiger partial charge in [-0.2, -0.15) is 0 Å². The van der Waals surface area contributed by atoms with E-state index in [4.69, 9.17) is 10.5 Å². The molecule has 0 saturated carbocycles. The van der Waals surface area contributed by atoms with E-state index in [1.54, 1.807) is 4.31 Å². The van der Waals surface area contributed by atoms with Gasteiger partial charge >= 0.3 is 0 Å². The van der Waals surface area contributed by atoms with Gasteiger partial charge in [-0.15, -0.1) is 0 Å². The largest absolute Gasteiger partial charge is 0.507 e. The van der Waals surface area contributed by atoms with Crippen molar-refractivity contribution in [2.24, 2.45) is 11.7 Å². The molecule has 0 aliphatic carbocycles. The maximum atomic E-state index is 12.7. The Hall–Kier alpha value is -1.15. The van der Waals surface area contributed by atoms with E-state index < -0.39 is 10.0 Å². The second kappa shape index (κ2) is 11.1. The molecule has 2 aliphatic rings. The fourth-order valence-corrected chi connectivity index (χ4v) is 6.59. The molecule has 6 nitrogen and oxygen atoms in total. The highest BCUT2D eigenvalue weighted by molar-refractivity contribution is 7.89. The number of sulfonamides is 1. The Balaban J connectivity index is 1.54. The third-order valence-corrected chi connectivity index (χ3v) is 8.96. The smallest absolute Gasteiger partial charge is 0.214 e. The minimum Gasteiger partial charge on any atom is -0.507 e. The predicted molar refractivity (Wildman–Crippen MR) is 125 cm³/mol. The molecular formula is C24H40N2O4S. The Morgan fingerprint density at radius 1 is 1.13 bits per heavy atom. The number of nitrogens with two attached hydrogens (primary N) is 1. The number of nitrogens with zero attached hydrogens (tertiary/aromatic N) is 1. The summed E-state index contributed by atoms with van der Waals surface area (Å²) in [6.45, 7) is 5.58. The second-order valence-electron chi connectivity index (χ2n) is 9.22. The maximum Gasteiger partial charge on any atom is 0.214 e. The molecule has 3 rings (SSSR count). The van der Waals surface area contributed by atoms with Crippen LogP contribution < -0.4 is 5.73 Å². The van der Waals surface area contributed by atoms with Gasteiger partial charge in [-0.25, -0.2) is 12.7 Å². The molecular weight excluding hydrogens is 412 g/mol. The van der Waals surface area contributed by atoms with Gasteiger partial charge in [0.1, 0.15) is 5.75 Å². The molecule has 0 spiro atoms. The molecule has 0 unspecified atom stereocenters. The van der Waals surface area contributed by atoms with E-state index in [1.807, 2.05) is 19.1 Å². The van der Waals surface area contributed by atoms with Gasteiger partial charge in [-0.1, -0.05) is 51.2 Å². The first-order chi connectivity index (χ1) is 14.9. The summed E-state index contributed by atoms with van der Waals surface area (Å²) in [5, 5.41) is 10.6. The van der Waals surface area contributed by atoms with Crippen molar-refractivity contribution in [3.05, 3.63) is 28.8 Å². The summed E-state index contributed by atoms with van der Waals surface area (Å²) >= 11 is 0. The number of ether oxygens (including phenoxy) is 1. The standard InChI is InChI=1S/C24H40N2O4S/c1-3-4-5-6-7-8-15-31(28,29)26-13-11-19(12-14-26)22-16-21-20(23(17-25)30-22)10-9-18(2)24(21)27/h9-10,19,22-23,27H,3-8,11-17,25H2,1-2H3/t22-,23-/m0/s1. The zero-order valence-electron chi connectivity index (χ0n) is 19.2. The molecule has 0 aromatic heterocycles. The molecule has 2 aliphatic heterocycles. The Morgan fingerprint density at radius 2 is 1.81 bits per heavy atom. The van der Waals surface area contributed by atoms with E-state index >= 15 is 0 Å². The number of unbranched alkanes of at least 4 members (excludes halogenated alkanes) is 5. The molecule has 2 atom stereocenters. The average Bonchev–Trinajstić information content (AvgIpc) is 2.78. The highest BCUT2D eigenvalue weighted by atomic mass is 32.2. The van der Waals surface area contributed by atoms with Crippen LogP contribution in [0.4, 0.5) is 0 Å². The van der Waals surface area contributed by atoms with Gasteiger partial charge in [-0.05, 0) is 43.2 Å². The molecule has 176 valence electrons. The lowest BCUT2D eigenvalue weighted by atomic mass is 9.83. The van der Waals surface area contributed by atoms with Crippen LogP contribution in [0.25, 0.3) is 0 Å². The van der Waals surface area contributed by atoms with Crippen LogP contribution in [0.3, 0.4) is 0 Å². The molecule has 1 aromatic carbocycles. The Labute approximate surface area is 188 Å². The van der Waals surface area contributed by atoms with Crippen LogP contribution >= 0.6 is 0 Å². The average molecular weight is 453 g/mol. The topological polar surface area (TPSA) is 92.9 Å². The summed E-state index contributed by atoms with van der Waals surface area (Å²) in [6, 6.07) is 3.92. The number of aryl methyl sites for hydroxylation is 1. The molecule has 1 saturated heterocycles. The molecule has 1 fully saturated rings. The maximum absolute atomic E-state index is 12.7. The van der Waals surface area contributed by atoms with E-state index in [0.717, 1.165) is 48.8 Å². The van der Waals surface area contributed by atoms with Crippen LogP contribution in [0, 0.1) is 12.8 Å². The first-order valence-electron chi connectivity index (χ1n) is 12.0. The monoisotopic (exact) mass is 452 g/mol. The zero-order valence-corrected chi connectivity index (χ0v) is 20.0. The molecule has 2 heterocycles. The van der Waals surface area contributed by atoms with Gasteiger partial charge in [0.05, 0.1) is 18.0 Å². The normalized spacial score (nSPS) is 23.1. The fourth-order valence-electron chi connectivity index (χ4n) is 5.00. The van der Waals surface area contributed by atoms with E-state index in [-0.39, 0.29) is 23.9 Å². The molecule has 0 amide bonds. The highest BCUT2D eigenvalue weighted by Gasteiger charge is 2.37. The van der Waals surface area contributed by atoms with Gasteiger partial charge in [0.2, 0.25) is 10.0 Å². The van der Waals surface area contributed by atoms with E-state index in [9.17, 15) is 13.5 Å².